The summed E-state index contributed by atoms with van der Waals surface area (Å²) in [6.45, 7) is -0.0307. The molecule has 0 unspecified atom stereocenters. The van der Waals surface area contributed by atoms with E-state index >= 15 is 8.78 Å². The van der Waals surface area contributed by atoms with Gasteiger partial charge in [-0.3, -0.25) is 24.1 Å². The second-order valence-electron chi connectivity index (χ2n) is 12.3. The minimum atomic E-state index is -2.74. The van der Waals surface area contributed by atoms with Crippen molar-refractivity contribution >= 4 is 63.9 Å². The molecule has 3 aromatic rings. The maximum atomic E-state index is 15.2. The standard InChI is InChI=1S/C33H23Cl2F5N2O7S/c1-48-17-8-12(9-18(49-2)27(17)43)20-14-5-6-15-19(29(45)41(28(15)44)11-13-4-3-7-50-13)16(14)10-32(34)30(46)42(31(47)33(20,32)35)26-24(39)22(37)21(36)23(38)25(26)40/h3-5,7-9,15-16,19-20,43H,6,10-11H2,1-2H3/t15-,16+,19-,20-,32+,33-/m0/s1. The number of thiophene rings is 1. The first-order chi connectivity index (χ1) is 23.6. The molecule has 0 radical (unpaired) electrons. The maximum absolute atomic E-state index is 15.2. The average Bonchev–Trinajstić information content (AvgIpc) is 3.74. The molecule has 6 atom stereocenters. The molecule has 50 heavy (non-hydrogen) atoms. The number of rotatable bonds is 6. The minimum absolute atomic E-state index is 0.0125. The molecule has 4 aliphatic rings. The Balaban J connectivity index is 1.45. The number of likely N-dealkylation sites (tertiary alicyclic amines) is 1. The molecule has 3 fully saturated rings. The van der Waals surface area contributed by atoms with E-state index in [9.17, 15) is 37.5 Å². The zero-order valence-corrected chi connectivity index (χ0v) is 28.1. The lowest BCUT2D eigenvalue weighted by atomic mass is 9.56. The van der Waals surface area contributed by atoms with Gasteiger partial charge < -0.3 is 14.6 Å². The van der Waals surface area contributed by atoms with Gasteiger partial charge in [-0.15, -0.1) is 34.5 Å². The molecule has 17 heteroatoms. The van der Waals surface area contributed by atoms with E-state index in [4.69, 9.17) is 32.7 Å². The lowest BCUT2D eigenvalue weighted by Crippen LogP contribution is -2.60. The molecule has 4 amide bonds. The Bertz CT molecular complexity index is 2010. The third-order valence-electron chi connectivity index (χ3n) is 10.0. The minimum Gasteiger partial charge on any atom is -0.502 e. The van der Waals surface area contributed by atoms with Crippen LogP contribution in [0.5, 0.6) is 17.2 Å². The number of fused-ring (bicyclic) bond motifs is 4. The van der Waals surface area contributed by atoms with Crippen LogP contribution in [0.15, 0.2) is 41.3 Å². The summed E-state index contributed by atoms with van der Waals surface area (Å²) in [4.78, 5) is 52.6. The third-order valence-corrected chi connectivity index (χ3v) is 12.3. The number of allylic oxidation sites excluding steroid dienone is 2. The van der Waals surface area contributed by atoms with Crippen molar-refractivity contribution in [3.05, 3.63) is 80.8 Å². The number of carbonyl (C=O) groups excluding carboxylic acids is 4. The Kier molecular flexibility index (Phi) is 7.99. The first-order valence-corrected chi connectivity index (χ1v) is 16.6. The van der Waals surface area contributed by atoms with Crippen molar-refractivity contribution in [2.45, 2.75) is 35.1 Å². The molecule has 3 heterocycles. The fourth-order valence-corrected chi connectivity index (χ4v) is 9.43. The second kappa shape index (κ2) is 11.7. The van der Waals surface area contributed by atoms with Gasteiger partial charge in [0.25, 0.3) is 11.8 Å². The van der Waals surface area contributed by atoms with E-state index in [2.05, 4.69) is 0 Å². The number of halogens is 7. The van der Waals surface area contributed by atoms with Crippen LogP contribution in [0.25, 0.3) is 0 Å². The summed E-state index contributed by atoms with van der Waals surface area (Å²) >= 11 is 15.6. The summed E-state index contributed by atoms with van der Waals surface area (Å²) in [7, 11) is 2.41. The Morgan fingerprint density at radius 2 is 1.50 bits per heavy atom. The van der Waals surface area contributed by atoms with Crippen LogP contribution in [-0.2, 0) is 25.7 Å². The summed E-state index contributed by atoms with van der Waals surface area (Å²) in [5.74, 6) is -22.2. The van der Waals surface area contributed by atoms with Crippen LogP contribution in [0.4, 0.5) is 27.6 Å². The van der Waals surface area contributed by atoms with E-state index in [0.29, 0.717) is 4.88 Å². The molecule has 0 bridgehead atoms. The highest BCUT2D eigenvalue weighted by atomic mass is 35.5. The monoisotopic (exact) mass is 756 g/mol. The lowest BCUT2D eigenvalue weighted by Gasteiger charge is -2.50. The van der Waals surface area contributed by atoms with Crippen molar-refractivity contribution in [1.29, 1.82) is 0 Å². The Morgan fingerprint density at radius 1 is 0.900 bits per heavy atom. The molecule has 2 saturated heterocycles. The predicted molar refractivity (Wildman–Crippen MR) is 168 cm³/mol. The van der Waals surface area contributed by atoms with Gasteiger partial charge in [0.2, 0.25) is 23.4 Å². The molecule has 0 spiro atoms. The number of hydrogen-bond donors (Lipinski definition) is 1. The first-order valence-electron chi connectivity index (χ1n) is 14.9. The van der Waals surface area contributed by atoms with Crippen molar-refractivity contribution in [3.63, 3.8) is 0 Å². The molecule has 262 valence electrons. The van der Waals surface area contributed by atoms with E-state index in [0.717, 1.165) is 4.90 Å². The fraction of sp³-hybridized carbons (Fsp3) is 0.333. The van der Waals surface area contributed by atoms with Gasteiger partial charge >= 0.3 is 0 Å². The number of benzene rings is 2. The molecule has 2 aromatic carbocycles. The van der Waals surface area contributed by atoms with Gasteiger partial charge in [-0.25, -0.2) is 26.9 Å². The number of amides is 4. The average molecular weight is 758 g/mol. The van der Waals surface area contributed by atoms with Gasteiger partial charge in [0, 0.05) is 10.8 Å². The molecule has 7 rings (SSSR count). The number of methoxy groups -OCH3 is 2. The zero-order valence-electron chi connectivity index (χ0n) is 25.7. The third kappa shape index (κ3) is 4.35. The Labute approximate surface area is 293 Å². The Hall–Kier alpha value is -4.21. The van der Waals surface area contributed by atoms with E-state index < -0.39 is 104 Å². The lowest BCUT2D eigenvalue weighted by molar-refractivity contribution is -0.141. The topological polar surface area (TPSA) is 113 Å². The maximum Gasteiger partial charge on any atom is 0.258 e. The second-order valence-corrected chi connectivity index (χ2v) is 14.6. The number of imide groups is 2. The molecule has 2 aliphatic heterocycles. The van der Waals surface area contributed by atoms with E-state index in [1.165, 1.54) is 37.7 Å². The van der Waals surface area contributed by atoms with Crippen molar-refractivity contribution in [2.75, 3.05) is 19.1 Å². The number of carbonyl (C=O) groups is 4. The molecule has 2 aliphatic carbocycles. The molecule has 1 aromatic heterocycles. The number of phenolic OH excluding ortho intramolecular Hbond substituents is 1. The number of anilines is 1. The molecular formula is C33H23Cl2F5N2O7S. The SMILES string of the molecule is COc1cc([C@H]2C3=CC[C@@H]4C(=O)N(Cc5cccs5)C(=O)[C@@H]4[C@@H]3C[C@@]3(Cl)C(=O)N(c4c(F)c(F)c(F)c(F)c4F)C(=O)[C@@]23Cl)cc(OC)c1O. The van der Waals surface area contributed by atoms with E-state index in [-0.39, 0.29) is 40.5 Å². The van der Waals surface area contributed by atoms with Crippen molar-refractivity contribution in [1.82, 2.24) is 4.90 Å². The van der Waals surface area contributed by atoms with Crippen molar-refractivity contribution in [2.24, 2.45) is 17.8 Å². The number of phenols is 1. The smallest absolute Gasteiger partial charge is 0.258 e. The Morgan fingerprint density at radius 3 is 2.06 bits per heavy atom. The normalized spacial score (nSPS) is 28.9. The van der Waals surface area contributed by atoms with Gasteiger partial charge in [-0.1, -0.05) is 17.7 Å². The highest BCUT2D eigenvalue weighted by Gasteiger charge is 2.77. The van der Waals surface area contributed by atoms with Gasteiger partial charge in [0.15, 0.2) is 44.5 Å². The fourth-order valence-electron chi connectivity index (χ4n) is 7.80. The van der Waals surface area contributed by atoms with Crippen LogP contribution in [0.3, 0.4) is 0 Å². The number of nitrogens with zero attached hydrogens (tertiary/aromatic N) is 2. The summed E-state index contributed by atoms with van der Waals surface area (Å²) < 4.78 is 84.0. The summed E-state index contributed by atoms with van der Waals surface area (Å²) in [5, 5.41) is 12.4. The van der Waals surface area contributed by atoms with Gasteiger partial charge in [-0.05, 0) is 47.9 Å². The number of alkyl halides is 2. The highest BCUT2D eigenvalue weighted by molar-refractivity contribution is 7.09. The van der Waals surface area contributed by atoms with Crippen LogP contribution in [0.1, 0.15) is 29.2 Å². The number of ether oxygens (including phenoxy) is 2. The number of hydrogen-bond acceptors (Lipinski definition) is 8. The first kappa shape index (κ1) is 34.2. The summed E-state index contributed by atoms with van der Waals surface area (Å²) in [5.41, 5.74) is -1.63. The summed E-state index contributed by atoms with van der Waals surface area (Å²) in [6, 6.07) is 5.97. The molecule has 9 nitrogen and oxygen atoms in total. The van der Waals surface area contributed by atoms with E-state index in [1.807, 2.05) is 0 Å². The molecule has 1 saturated carbocycles. The van der Waals surface area contributed by atoms with Crippen LogP contribution in [0, 0.1) is 46.8 Å². The van der Waals surface area contributed by atoms with Crippen molar-refractivity contribution in [3.8, 4) is 17.2 Å². The predicted octanol–water partition coefficient (Wildman–Crippen LogP) is 5.93. The van der Waals surface area contributed by atoms with E-state index in [1.54, 1.807) is 23.6 Å². The van der Waals surface area contributed by atoms with Crippen LogP contribution >= 0.6 is 34.5 Å². The van der Waals surface area contributed by atoms with Gasteiger partial charge in [0.05, 0.1) is 32.6 Å². The zero-order chi connectivity index (χ0) is 36.2. The largest absolute Gasteiger partial charge is 0.502 e. The van der Waals surface area contributed by atoms with Gasteiger partial charge in [-0.2, -0.15) is 0 Å². The highest BCUT2D eigenvalue weighted by Crippen LogP contribution is 2.66. The molecular weight excluding hydrogens is 734 g/mol. The van der Waals surface area contributed by atoms with Crippen LogP contribution in [0.2, 0.25) is 0 Å². The molecule has 1 N–H and O–H groups in total. The number of aromatic hydroxyl groups is 1. The van der Waals surface area contributed by atoms with Crippen LogP contribution in [-0.4, -0.2) is 57.6 Å². The van der Waals surface area contributed by atoms with Crippen LogP contribution < -0.4 is 14.4 Å². The van der Waals surface area contributed by atoms with Gasteiger partial charge in [0.1, 0.15) is 5.69 Å². The quantitative estimate of drug-likeness (QED) is 0.0829. The summed E-state index contributed by atoms with van der Waals surface area (Å²) in [6.07, 6.45) is 0.911. The van der Waals surface area contributed by atoms with Crippen molar-refractivity contribution < 1.29 is 55.7 Å².